The molecule has 2 aliphatic heterocycles. The first-order valence-corrected chi connectivity index (χ1v) is 9.22. The third-order valence-electron chi connectivity index (χ3n) is 5.26. The number of piperidine rings is 2. The zero-order valence-electron chi connectivity index (χ0n) is 14.8. The highest BCUT2D eigenvalue weighted by atomic mass is 35.5. The highest BCUT2D eigenvalue weighted by molar-refractivity contribution is 5.85. The van der Waals surface area contributed by atoms with Gasteiger partial charge in [0.1, 0.15) is 0 Å². The Morgan fingerprint density at radius 2 is 1.88 bits per heavy atom. The summed E-state index contributed by atoms with van der Waals surface area (Å²) in [5.74, 6) is 1.88. The minimum atomic E-state index is 0. The van der Waals surface area contributed by atoms with Crippen LogP contribution >= 0.6 is 12.4 Å². The maximum atomic E-state index is 5.55. The number of nitrogens with one attached hydrogen (secondary N) is 1. The van der Waals surface area contributed by atoms with Crippen molar-refractivity contribution >= 4 is 18.1 Å². The Balaban J connectivity index is 0.00000182. The number of halogens is 1. The van der Waals surface area contributed by atoms with Gasteiger partial charge in [-0.2, -0.15) is 4.98 Å². The van der Waals surface area contributed by atoms with E-state index in [9.17, 15) is 0 Å². The SMILES string of the molecule is C[C@H]1C[C@@H](c2nc(-c3ccc(N4CCCCC4)cc3)no2)CCN1.Cl. The molecule has 2 aliphatic rings. The summed E-state index contributed by atoms with van der Waals surface area (Å²) in [6, 6.07) is 9.11. The van der Waals surface area contributed by atoms with E-state index in [2.05, 4.69) is 51.5 Å². The lowest BCUT2D eigenvalue weighted by Crippen LogP contribution is -2.34. The van der Waals surface area contributed by atoms with Gasteiger partial charge in [0.2, 0.25) is 11.7 Å². The Bertz CT molecular complexity index is 666. The van der Waals surface area contributed by atoms with Crippen LogP contribution in [0.4, 0.5) is 5.69 Å². The van der Waals surface area contributed by atoms with Crippen LogP contribution in [0.5, 0.6) is 0 Å². The molecule has 5 nitrogen and oxygen atoms in total. The van der Waals surface area contributed by atoms with Crippen LogP contribution in [0.25, 0.3) is 11.4 Å². The normalized spacial score (nSPS) is 24.0. The summed E-state index contributed by atoms with van der Waals surface area (Å²) in [4.78, 5) is 7.13. The van der Waals surface area contributed by atoms with Crippen LogP contribution in [0.15, 0.2) is 28.8 Å². The van der Waals surface area contributed by atoms with Gasteiger partial charge in [-0.05, 0) is 69.8 Å². The molecule has 1 N–H and O–H groups in total. The summed E-state index contributed by atoms with van der Waals surface area (Å²) in [6.45, 7) is 5.57. The highest BCUT2D eigenvalue weighted by Gasteiger charge is 2.25. The van der Waals surface area contributed by atoms with Gasteiger partial charge < -0.3 is 14.7 Å². The Morgan fingerprint density at radius 3 is 2.60 bits per heavy atom. The van der Waals surface area contributed by atoms with Gasteiger partial charge in [-0.3, -0.25) is 0 Å². The monoisotopic (exact) mass is 362 g/mol. The van der Waals surface area contributed by atoms with Crippen LogP contribution in [0.1, 0.15) is 50.8 Å². The summed E-state index contributed by atoms with van der Waals surface area (Å²) >= 11 is 0. The second kappa shape index (κ2) is 8.19. The maximum absolute atomic E-state index is 5.55. The van der Waals surface area contributed by atoms with Gasteiger partial charge in [0.15, 0.2) is 0 Å². The summed E-state index contributed by atoms with van der Waals surface area (Å²) in [7, 11) is 0. The van der Waals surface area contributed by atoms with Crippen molar-refractivity contribution < 1.29 is 4.52 Å². The molecule has 136 valence electrons. The van der Waals surface area contributed by atoms with Crippen molar-refractivity contribution in [2.75, 3.05) is 24.5 Å². The van der Waals surface area contributed by atoms with Crippen molar-refractivity contribution in [3.8, 4) is 11.4 Å². The van der Waals surface area contributed by atoms with Crippen LogP contribution in [-0.2, 0) is 0 Å². The van der Waals surface area contributed by atoms with Crippen LogP contribution in [0, 0.1) is 0 Å². The number of hydrogen-bond acceptors (Lipinski definition) is 5. The molecule has 25 heavy (non-hydrogen) atoms. The van der Waals surface area contributed by atoms with E-state index in [1.54, 1.807) is 0 Å². The number of aromatic nitrogens is 2. The van der Waals surface area contributed by atoms with E-state index in [0.29, 0.717) is 17.8 Å². The fourth-order valence-electron chi connectivity index (χ4n) is 3.85. The Hall–Kier alpha value is -1.59. The van der Waals surface area contributed by atoms with Gasteiger partial charge in [0.25, 0.3) is 0 Å². The molecular weight excluding hydrogens is 336 g/mol. The molecular formula is C19H27ClN4O. The summed E-state index contributed by atoms with van der Waals surface area (Å²) in [5.41, 5.74) is 2.34. The molecule has 0 bridgehead atoms. The molecule has 0 amide bonds. The topological polar surface area (TPSA) is 54.2 Å². The smallest absolute Gasteiger partial charge is 0.230 e. The van der Waals surface area contributed by atoms with Crippen molar-refractivity contribution in [3.63, 3.8) is 0 Å². The van der Waals surface area contributed by atoms with E-state index in [-0.39, 0.29) is 12.4 Å². The molecule has 3 heterocycles. The van der Waals surface area contributed by atoms with Gasteiger partial charge in [-0.15, -0.1) is 12.4 Å². The number of rotatable bonds is 3. The van der Waals surface area contributed by atoms with Crippen molar-refractivity contribution in [2.24, 2.45) is 0 Å². The lowest BCUT2D eigenvalue weighted by atomic mass is 9.93. The average Bonchev–Trinajstić information content (AvgIpc) is 3.13. The third-order valence-corrected chi connectivity index (χ3v) is 5.26. The van der Waals surface area contributed by atoms with Crippen molar-refractivity contribution in [1.82, 2.24) is 15.5 Å². The number of nitrogens with zero attached hydrogens (tertiary/aromatic N) is 3. The van der Waals surface area contributed by atoms with Crippen molar-refractivity contribution in [3.05, 3.63) is 30.2 Å². The largest absolute Gasteiger partial charge is 0.372 e. The lowest BCUT2D eigenvalue weighted by Gasteiger charge is -2.28. The molecule has 2 saturated heterocycles. The van der Waals surface area contributed by atoms with Gasteiger partial charge in [0, 0.05) is 36.3 Å². The first-order chi connectivity index (χ1) is 11.8. The van der Waals surface area contributed by atoms with Gasteiger partial charge in [0.05, 0.1) is 0 Å². The fraction of sp³-hybridized carbons (Fsp3) is 0.579. The third kappa shape index (κ3) is 4.15. The quantitative estimate of drug-likeness (QED) is 0.894. The Kier molecular flexibility index (Phi) is 5.97. The van der Waals surface area contributed by atoms with Crippen LogP contribution in [0.3, 0.4) is 0 Å². The highest BCUT2D eigenvalue weighted by Crippen LogP contribution is 2.29. The molecule has 1 aromatic heterocycles. The zero-order valence-corrected chi connectivity index (χ0v) is 15.6. The molecule has 0 unspecified atom stereocenters. The summed E-state index contributed by atoms with van der Waals surface area (Å²) in [5, 5.41) is 7.67. The number of benzene rings is 1. The van der Waals surface area contributed by atoms with E-state index < -0.39 is 0 Å². The molecule has 0 aliphatic carbocycles. The second-order valence-corrected chi connectivity index (χ2v) is 7.13. The van der Waals surface area contributed by atoms with Gasteiger partial charge in [-0.25, -0.2) is 0 Å². The molecule has 2 fully saturated rings. The minimum absolute atomic E-state index is 0. The molecule has 1 aromatic carbocycles. The number of anilines is 1. The Labute approximate surface area is 155 Å². The van der Waals surface area contributed by atoms with Crippen molar-refractivity contribution in [2.45, 2.75) is 51.0 Å². The molecule has 2 aromatic rings. The molecule has 0 saturated carbocycles. The van der Waals surface area contributed by atoms with E-state index in [4.69, 9.17) is 4.52 Å². The molecule has 0 radical (unpaired) electrons. The molecule has 2 atom stereocenters. The predicted octanol–water partition coefficient (Wildman–Crippen LogP) is 4.00. The van der Waals surface area contributed by atoms with Gasteiger partial charge >= 0.3 is 0 Å². The van der Waals surface area contributed by atoms with E-state index >= 15 is 0 Å². The van der Waals surface area contributed by atoms with Crippen LogP contribution in [0.2, 0.25) is 0 Å². The molecule has 0 spiro atoms. The predicted molar refractivity (Wildman–Crippen MR) is 102 cm³/mol. The van der Waals surface area contributed by atoms with Crippen molar-refractivity contribution in [1.29, 1.82) is 0 Å². The van der Waals surface area contributed by atoms with Gasteiger partial charge in [-0.1, -0.05) is 5.16 Å². The fourth-order valence-corrected chi connectivity index (χ4v) is 3.85. The average molecular weight is 363 g/mol. The summed E-state index contributed by atoms with van der Waals surface area (Å²) < 4.78 is 5.55. The van der Waals surface area contributed by atoms with E-state index in [0.717, 1.165) is 30.8 Å². The minimum Gasteiger partial charge on any atom is -0.372 e. The zero-order chi connectivity index (χ0) is 16.4. The first kappa shape index (κ1) is 18.2. The first-order valence-electron chi connectivity index (χ1n) is 9.22. The second-order valence-electron chi connectivity index (χ2n) is 7.13. The lowest BCUT2D eigenvalue weighted by molar-refractivity contribution is 0.295. The number of hydrogen-bond donors (Lipinski definition) is 1. The van der Waals surface area contributed by atoms with E-state index in [1.807, 2.05) is 0 Å². The summed E-state index contributed by atoms with van der Waals surface area (Å²) in [6.07, 6.45) is 6.08. The van der Waals surface area contributed by atoms with Crippen LogP contribution in [-0.4, -0.2) is 35.8 Å². The molecule has 4 rings (SSSR count). The molecule has 6 heteroatoms. The van der Waals surface area contributed by atoms with Crippen LogP contribution < -0.4 is 10.2 Å². The van der Waals surface area contributed by atoms with E-state index in [1.165, 1.54) is 38.0 Å². The Morgan fingerprint density at radius 1 is 1.12 bits per heavy atom. The maximum Gasteiger partial charge on any atom is 0.230 e. The standard InChI is InChI=1S/C19H26N4O.ClH/c1-14-13-16(9-10-20-14)19-21-18(22-24-19)15-5-7-17(8-6-15)23-11-3-2-4-12-23;/h5-8,14,16,20H,2-4,9-13H2,1H3;1H/t14-,16-;/m0./s1.